The molecule has 3 heterocycles. The van der Waals surface area contributed by atoms with Gasteiger partial charge in [0.1, 0.15) is 11.9 Å². The summed E-state index contributed by atoms with van der Waals surface area (Å²) in [5.74, 6) is 0.515. The number of anilines is 1. The molecule has 11 heteroatoms. The van der Waals surface area contributed by atoms with Gasteiger partial charge in [-0.15, -0.1) is 0 Å². The minimum absolute atomic E-state index is 0.117. The zero-order valence-corrected chi connectivity index (χ0v) is 19.3. The summed E-state index contributed by atoms with van der Waals surface area (Å²) >= 11 is 0. The fraction of sp³-hybridized carbons (Fsp3) is 0.333. The summed E-state index contributed by atoms with van der Waals surface area (Å²) in [4.78, 5) is 43.2. The Kier molecular flexibility index (Phi) is 7.66. The molecule has 0 aliphatic heterocycles. The van der Waals surface area contributed by atoms with Crippen LogP contribution in [0.15, 0.2) is 55.1 Å². The summed E-state index contributed by atoms with van der Waals surface area (Å²) in [5, 5.41) is 2.94. The van der Waals surface area contributed by atoms with E-state index in [1.807, 2.05) is 24.3 Å². The third-order valence-corrected chi connectivity index (χ3v) is 5.80. The summed E-state index contributed by atoms with van der Waals surface area (Å²) in [6.07, 6.45) is 8.15. The van der Waals surface area contributed by atoms with E-state index >= 15 is 0 Å². The molecule has 1 aliphatic carbocycles. The van der Waals surface area contributed by atoms with E-state index in [1.165, 1.54) is 7.11 Å². The van der Waals surface area contributed by atoms with Crippen LogP contribution in [0.1, 0.15) is 31.4 Å². The van der Waals surface area contributed by atoms with Crippen molar-refractivity contribution in [2.45, 2.75) is 44.4 Å². The maximum atomic E-state index is 13.3. The Bertz CT molecular complexity index is 1120. The first-order valence-electron chi connectivity index (χ1n) is 11.3. The molecule has 0 saturated heterocycles. The van der Waals surface area contributed by atoms with Crippen LogP contribution in [-0.2, 0) is 11.3 Å². The smallest absolute Gasteiger partial charge is 0.404 e. The van der Waals surface area contributed by atoms with Gasteiger partial charge in [0.15, 0.2) is 0 Å². The van der Waals surface area contributed by atoms with Crippen LogP contribution in [0.2, 0.25) is 0 Å². The molecule has 0 aromatic carbocycles. The number of primary amides is 1. The van der Waals surface area contributed by atoms with Crippen LogP contribution in [0.25, 0.3) is 11.1 Å². The maximum absolute atomic E-state index is 13.3. The number of ether oxygens (including phenoxy) is 2. The maximum Gasteiger partial charge on any atom is 0.404 e. The number of urea groups is 1. The van der Waals surface area contributed by atoms with Crippen molar-refractivity contribution in [3.05, 3.63) is 60.8 Å². The molecule has 0 atom stereocenters. The van der Waals surface area contributed by atoms with E-state index in [0.717, 1.165) is 16.8 Å². The van der Waals surface area contributed by atoms with Gasteiger partial charge in [0.2, 0.25) is 0 Å². The topological polar surface area (TPSA) is 145 Å². The molecule has 3 amide bonds. The average molecular weight is 478 g/mol. The standard InChI is InChI=1S/C24H27N7O4/c1-34-23-28-13-17(14-29-23)16-5-10-21(27-12-16)31(19-6-8-20(9-7-19)35-22(25)32)24(33)30-15-18-4-2-3-11-26-18/h2-5,10-14,19-20H,6-9,15H2,1H3,(H2,25,32)(H,30,33). The number of nitrogens with zero attached hydrogens (tertiary/aromatic N) is 5. The number of pyridine rings is 2. The molecule has 35 heavy (non-hydrogen) atoms. The molecule has 4 rings (SSSR count). The van der Waals surface area contributed by atoms with E-state index in [4.69, 9.17) is 15.2 Å². The lowest BCUT2D eigenvalue weighted by Crippen LogP contribution is -2.48. The van der Waals surface area contributed by atoms with Gasteiger partial charge in [-0.2, -0.15) is 0 Å². The highest BCUT2D eigenvalue weighted by atomic mass is 16.6. The van der Waals surface area contributed by atoms with E-state index in [-0.39, 0.29) is 30.7 Å². The molecule has 3 N–H and O–H groups in total. The van der Waals surface area contributed by atoms with Gasteiger partial charge in [-0.05, 0) is 49.9 Å². The Morgan fingerprint density at radius 3 is 2.34 bits per heavy atom. The van der Waals surface area contributed by atoms with Crippen molar-refractivity contribution < 1.29 is 19.1 Å². The second-order valence-corrected chi connectivity index (χ2v) is 8.08. The van der Waals surface area contributed by atoms with Gasteiger partial charge in [0, 0.05) is 42.0 Å². The molecule has 0 spiro atoms. The van der Waals surface area contributed by atoms with Crippen molar-refractivity contribution in [3.8, 4) is 17.1 Å². The third kappa shape index (κ3) is 6.19. The van der Waals surface area contributed by atoms with E-state index in [0.29, 0.717) is 31.5 Å². The van der Waals surface area contributed by atoms with Gasteiger partial charge >= 0.3 is 18.1 Å². The van der Waals surface area contributed by atoms with Gasteiger partial charge in [0.05, 0.1) is 19.3 Å². The van der Waals surface area contributed by atoms with Crippen molar-refractivity contribution in [2.75, 3.05) is 12.0 Å². The Morgan fingerprint density at radius 2 is 1.74 bits per heavy atom. The first-order valence-corrected chi connectivity index (χ1v) is 11.3. The minimum atomic E-state index is -0.779. The summed E-state index contributed by atoms with van der Waals surface area (Å²) in [6.45, 7) is 0.289. The van der Waals surface area contributed by atoms with E-state index in [1.54, 1.807) is 35.8 Å². The normalized spacial score (nSPS) is 17.3. The Hall–Kier alpha value is -4.28. The van der Waals surface area contributed by atoms with Crippen LogP contribution >= 0.6 is 0 Å². The lowest BCUT2D eigenvalue weighted by atomic mass is 9.92. The molecule has 182 valence electrons. The van der Waals surface area contributed by atoms with Crippen molar-refractivity contribution in [2.24, 2.45) is 5.73 Å². The number of hydrogen-bond donors (Lipinski definition) is 2. The highest BCUT2D eigenvalue weighted by Crippen LogP contribution is 2.29. The molecule has 3 aromatic heterocycles. The second kappa shape index (κ2) is 11.2. The molecule has 0 unspecified atom stereocenters. The van der Waals surface area contributed by atoms with E-state index in [9.17, 15) is 9.59 Å². The highest BCUT2D eigenvalue weighted by molar-refractivity contribution is 5.91. The minimum Gasteiger partial charge on any atom is -0.467 e. The monoisotopic (exact) mass is 477 g/mol. The number of methoxy groups -OCH3 is 1. The van der Waals surface area contributed by atoms with E-state index in [2.05, 4.69) is 25.3 Å². The number of hydrogen-bond acceptors (Lipinski definition) is 8. The average Bonchev–Trinajstić information content (AvgIpc) is 2.89. The highest BCUT2D eigenvalue weighted by Gasteiger charge is 2.32. The SMILES string of the molecule is COc1ncc(-c2ccc(N(C(=O)NCc3ccccn3)C3CCC(OC(N)=O)CC3)nc2)cn1. The van der Waals surface area contributed by atoms with Gasteiger partial charge < -0.3 is 20.5 Å². The van der Waals surface area contributed by atoms with Crippen LogP contribution in [0.5, 0.6) is 6.01 Å². The predicted molar refractivity (Wildman–Crippen MR) is 127 cm³/mol. The van der Waals surface area contributed by atoms with Crippen LogP contribution in [-0.4, -0.2) is 51.3 Å². The quantitative estimate of drug-likeness (QED) is 0.528. The lowest BCUT2D eigenvalue weighted by molar-refractivity contribution is 0.0786. The summed E-state index contributed by atoms with van der Waals surface area (Å²) in [6, 6.07) is 9.10. The van der Waals surface area contributed by atoms with Gasteiger partial charge in [0.25, 0.3) is 0 Å². The first kappa shape index (κ1) is 23.9. The number of rotatable bonds is 7. The van der Waals surface area contributed by atoms with Crippen LogP contribution in [0, 0.1) is 0 Å². The molecule has 1 fully saturated rings. The third-order valence-electron chi connectivity index (χ3n) is 5.80. The largest absolute Gasteiger partial charge is 0.467 e. The number of nitrogens with one attached hydrogen (secondary N) is 1. The zero-order valence-electron chi connectivity index (χ0n) is 19.3. The fourth-order valence-electron chi connectivity index (χ4n) is 4.07. The van der Waals surface area contributed by atoms with Crippen LogP contribution in [0.4, 0.5) is 15.4 Å². The van der Waals surface area contributed by atoms with Crippen LogP contribution < -0.4 is 20.7 Å². The van der Waals surface area contributed by atoms with Gasteiger partial charge in [-0.25, -0.2) is 24.5 Å². The van der Waals surface area contributed by atoms with E-state index < -0.39 is 6.09 Å². The fourth-order valence-corrected chi connectivity index (χ4v) is 4.07. The number of carbonyl (C=O) groups is 2. The van der Waals surface area contributed by atoms with Gasteiger partial charge in [-0.1, -0.05) is 6.07 Å². The van der Waals surface area contributed by atoms with Crippen molar-refractivity contribution in [3.63, 3.8) is 0 Å². The molecule has 3 aromatic rings. The number of aromatic nitrogens is 4. The summed E-state index contributed by atoms with van der Waals surface area (Å²) in [7, 11) is 1.51. The molecular formula is C24H27N7O4. The number of amides is 3. The molecule has 1 saturated carbocycles. The molecule has 0 radical (unpaired) electrons. The zero-order chi connectivity index (χ0) is 24.6. The van der Waals surface area contributed by atoms with Crippen molar-refractivity contribution in [1.82, 2.24) is 25.3 Å². The predicted octanol–water partition coefficient (Wildman–Crippen LogP) is 3.06. The number of nitrogens with two attached hydrogens (primary N) is 1. The Balaban J connectivity index is 1.52. The van der Waals surface area contributed by atoms with Crippen LogP contribution in [0.3, 0.4) is 0 Å². The van der Waals surface area contributed by atoms with Crippen molar-refractivity contribution >= 4 is 17.9 Å². The van der Waals surface area contributed by atoms with Gasteiger partial charge in [-0.3, -0.25) is 9.88 Å². The number of carbonyl (C=O) groups excluding carboxylic acids is 2. The molecular weight excluding hydrogens is 450 g/mol. The summed E-state index contributed by atoms with van der Waals surface area (Å²) in [5.41, 5.74) is 7.50. The van der Waals surface area contributed by atoms with Crippen molar-refractivity contribution in [1.29, 1.82) is 0 Å². The lowest BCUT2D eigenvalue weighted by Gasteiger charge is -2.35. The Morgan fingerprint density at radius 1 is 1.00 bits per heavy atom. The molecule has 0 bridgehead atoms. The first-order chi connectivity index (χ1) is 17.0. The Labute approximate surface area is 202 Å². The molecule has 1 aliphatic rings. The summed E-state index contributed by atoms with van der Waals surface area (Å²) < 4.78 is 10.2. The molecule has 11 nitrogen and oxygen atoms in total. The second-order valence-electron chi connectivity index (χ2n) is 8.08.